The van der Waals surface area contributed by atoms with Crippen LogP contribution in [0.15, 0.2) is 42.5 Å². The molecule has 0 saturated carbocycles. The van der Waals surface area contributed by atoms with Gasteiger partial charge in [-0.25, -0.2) is 4.39 Å². The molecule has 0 amide bonds. The van der Waals surface area contributed by atoms with Crippen molar-refractivity contribution in [2.75, 3.05) is 18.5 Å². The summed E-state index contributed by atoms with van der Waals surface area (Å²) in [6.07, 6.45) is -5.11. The van der Waals surface area contributed by atoms with E-state index in [1.165, 1.54) is 12.1 Å². The van der Waals surface area contributed by atoms with Gasteiger partial charge in [0.15, 0.2) is 5.60 Å². The second-order valence-electron chi connectivity index (χ2n) is 9.31. The van der Waals surface area contributed by atoms with Crippen molar-refractivity contribution in [3.63, 3.8) is 0 Å². The largest absolute Gasteiger partial charge is 0.493 e. The summed E-state index contributed by atoms with van der Waals surface area (Å²) < 4.78 is 62.3. The van der Waals surface area contributed by atoms with Crippen molar-refractivity contribution in [3.8, 4) is 5.75 Å². The predicted molar refractivity (Wildman–Crippen MR) is 119 cm³/mol. The number of rotatable bonds is 6. The van der Waals surface area contributed by atoms with E-state index in [1.54, 1.807) is 44.2 Å². The Balaban J connectivity index is 1.65. The van der Waals surface area contributed by atoms with E-state index < -0.39 is 36.0 Å². The van der Waals surface area contributed by atoms with E-state index in [9.17, 15) is 22.7 Å². The molecule has 1 aromatic heterocycles. The number of halogens is 4. The fourth-order valence-corrected chi connectivity index (χ4v) is 4.51. The van der Waals surface area contributed by atoms with Crippen molar-refractivity contribution >= 4 is 16.6 Å². The standard InChI is InChI=1S/C25H26F4N2O2/c1-15-7-8-18-20(5-4-6-21(18)31-15)30-14-24(32,25(27,28)29)13-23(2,3)19-12-17(26)11-16-9-10-33-22(16)19/h4-8,11-12,30,32H,9-10,13-14H2,1-3H3. The number of fused-ring (bicyclic) bond motifs is 2. The molecule has 1 unspecified atom stereocenters. The second kappa shape index (κ2) is 8.17. The van der Waals surface area contributed by atoms with Crippen LogP contribution in [0.25, 0.3) is 10.9 Å². The van der Waals surface area contributed by atoms with Crippen LogP contribution in [0.1, 0.15) is 37.1 Å². The maximum absolute atomic E-state index is 14.2. The zero-order chi connectivity index (χ0) is 24.0. The third-order valence-corrected chi connectivity index (χ3v) is 6.18. The molecule has 0 spiro atoms. The lowest BCUT2D eigenvalue weighted by atomic mass is 9.74. The summed E-state index contributed by atoms with van der Waals surface area (Å²) in [4.78, 5) is 4.40. The molecule has 1 atom stereocenters. The van der Waals surface area contributed by atoms with E-state index >= 15 is 0 Å². The van der Waals surface area contributed by atoms with Crippen molar-refractivity contribution < 1.29 is 27.4 Å². The molecular weight excluding hydrogens is 436 g/mol. The number of ether oxygens (including phenoxy) is 1. The molecule has 3 aromatic rings. The summed E-state index contributed by atoms with van der Waals surface area (Å²) >= 11 is 0. The molecule has 0 aliphatic carbocycles. The van der Waals surface area contributed by atoms with Crippen LogP contribution in [-0.4, -0.2) is 35.0 Å². The normalized spacial score (nSPS) is 15.8. The SMILES string of the molecule is Cc1ccc2c(NCC(O)(CC(C)(C)c3cc(F)cc4c3OCC4)C(F)(F)F)cccc2n1. The van der Waals surface area contributed by atoms with Gasteiger partial charge in [0.1, 0.15) is 11.6 Å². The zero-order valence-corrected chi connectivity index (χ0v) is 18.7. The average molecular weight is 462 g/mol. The number of alkyl halides is 3. The van der Waals surface area contributed by atoms with Gasteiger partial charge in [-0.05, 0) is 55.2 Å². The van der Waals surface area contributed by atoms with Gasteiger partial charge in [0.2, 0.25) is 0 Å². The first-order valence-electron chi connectivity index (χ1n) is 10.7. The molecule has 33 heavy (non-hydrogen) atoms. The highest BCUT2D eigenvalue weighted by Gasteiger charge is 2.56. The maximum Gasteiger partial charge on any atom is 0.418 e. The Morgan fingerprint density at radius 1 is 1.12 bits per heavy atom. The quantitative estimate of drug-likeness (QED) is 0.462. The monoisotopic (exact) mass is 462 g/mol. The molecule has 176 valence electrons. The number of hydrogen-bond acceptors (Lipinski definition) is 4. The van der Waals surface area contributed by atoms with Gasteiger partial charge in [0, 0.05) is 34.3 Å². The molecule has 2 N–H and O–H groups in total. The van der Waals surface area contributed by atoms with Gasteiger partial charge in [-0.3, -0.25) is 4.98 Å². The van der Waals surface area contributed by atoms with E-state index in [0.717, 1.165) is 5.69 Å². The first-order valence-corrected chi connectivity index (χ1v) is 10.7. The van der Waals surface area contributed by atoms with Crippen LogP contribution in [0.2, 0.25) is 0 Å². The van der Waals surface area contributed by atoms with Crippen molar-refractivity contribution in [1.29, 1.82) is 0 Å². The Morgan fingerprint density at radius 3 is 2.61 bits per heavy atom. The van der Waals surface area contributed by atoms with Gasteiger partial charge in [-0.15, -0.1) is 0 Å². The zero-order valence-electron chi connectivity index (χ0n) is 18.7. The molecule has 0 bridgehead atoms. The maximum atomic E-state index is 14.2. The number of benzene rings is 2. The molecule has 2 heterocycles. The number of pyridine rings is 1. The Morgan fingerprint density at radius 2 is 1.88 bits per heavy atom. The smallest absolute Gasteiger partial charge is 0.418 e. The minimum atomic E-state index is -4.92. The van der Waals surface area contributed by atoms with Crippen LogP contribution in [0.5, 0.6) is 5.75 Å². The van der Waals surface area contributed by atoms with Crippen molar-refractivity contribution in [2.24, 2.45) is 0 Å². The van der Waals surface area contributed by atoms with Crippen LogP contribution >= 0.6 is 0 Å². The lowest BCUT2D eigenvalue weighted by Crippen LogP contribution is -2.53. The van der Waals surface area contributed by atoms with Crippen LogP contribution in [0.3, 0.4) is 0 Å². The molecule has 8 heteroatoms. The highest BCUT2D eigenvalue weighted by molar-refractivity contribution is 5.91. The fraction of sp³-hybridized carbons (Fsp3) is 0.400. The molecule has 0 fully saturated rings. The molecule has 4 rings (SSSR count). The number of aliphatic hydroxyl groups is 1. The van der Waals surface area contributed by atoms with Crippen molar-refractivity contribution in [3.05, 3.63) is 65.1 Å². The van der Waals surface area contributed by atoms with Gasteiger partial charge in [-0.2, -0.15) is 13.2 Å². The van der Waals surface area contributed by atoms with E-state index in [2.05, 4.69) is 10.3 Å². The summed E-state index contributed by atoms with van der Waals surface area (Å²) in [5.74, 6) is -0.121. The fourth-order valence-electron chi connectivity index (χ4n) is 4.51. The number of nitrogens with one attached hydrogen (secondary N) is 1. The first kappa shape index (κ1) is 23.3. The lowest BCUT2D eigenvalue weighted by Gasteiger charge is -2.38. The van der Waals surface area contributed by atoms with Crippen LogP contribution in [0.4, 0.5) is 23.2 Å². The summed E-state index contributed by atoms with van der Waals surface area (Å²) in [7, 11) is 0. The molecular formula is C25H26F4N2O2. The van der Waals surface area contributed by atoms with Crippen molar-refractivity contribution in [2.45, 2.75) is 50.8 Å². The summed E-state index contributed by atoms with van der Waals surface area (Å²) in [5, 5.41) is 14.3. The molecule has 0 saturated heterocycles. The van der Waals surface area contributed by atoms with Gasteiger partial charge in [-0.1, -0.05) is 19.9 Å². The Kier molecular flexibility index (Phi) is 5.76. The van der Waals surface area contributed by atoms with Crippen LogP contribution in [0, 0.1) is 12.7 Å². The summed E-state index contributed by atoms with van der Waals surface area (Å²) in [6, 6.07) is 11.2. The Labute approximate surface area is 189 Å². The molecule has 1 aliphatic rings. The average Bonchev–Trinajstić information content (AvgIpc) is 3.18. The van der Waals surface area contributed by atoms with Gasteiger partial charge in [0.25, 0.3) is 0 Å². The van der Waals surface area contributed by atoms with Gasteiger partial charge in [0.05, 0.1) is 18.7 Å². The molecule has 2 aromatic carbocycles. The third-order valence-electron chi connectivity index (χ3n) is 6.18. The number of aromatic nitrogens is 1. The number of anilines is 1. The molecule has 0 radical (unpaired) electrons. The van der Waals surface area contributed by atoms with Crippen LogP contribution in [-0.2, 0) is 11.8 Å². The Bertz CT molecular complexity index is 1190. The number of hydrogen-bond donors (Lipinski definition) is 2. The highest BCUT2D eigenvalue weighted by Crippen LogP contribution is 2.46. The third kappa shape index (κ3) is 4.49. The highest BCUT2D eigenvalue weighted by atomic mass is 19.4. The minimum absolute atomic E-state index is 0.322. The number of aryl methyl sites for hydroxylation is 1. The van der Waals surface area contributed by atoms with E-state index in [0.29, 0.717) is 46.5 Å². The summed E-state index contributed by atoms with van der Waals surface area (Å²) in [6.45, 7) is 4.53. The van der Waals surface area contributed by atoms with E-state index in [4.69, 9.17) is 4.74 Å². The van der Waals surface area contributed by atoms with E-state index in [1.807, 2.05) is 6.92 Å². The number of nitrogens with zero attached hydrogens (tertiary/aromatic N) is 1. The van der Waals surface area contributed by atoms with Crippen LogP contribution < -0.4 is 10.1 Å². The first-order chi connectivity index (χ1) is 15.4. The van der Waals surface area contributed by atoms with Gasteiger partial charge < -0.3 is 15.2 Å². The van der Waals surface area contributed by atoms with Crippen molar-refractivity contribution in [1.82, 2.24) is 4.98 Å². The second-order valence-corrected chi connectivity index (χ2v) is 9.31. The summed E-state index contributed by atoms with van der Waals surface area (Å²) in [5.41, 5.74) is -1.47. The minimum Gasteiger partial charge on any atom is -0.493 e. The lowest BCUT2D eigenvalue weighted by molar-refractivity contribution is -0.260. The molecule has 4 nitrogen and oxygen atoms in total. The topological polar surface area (TPSA) is 54.4 Å². The Hall–Kier alpha value is -2.87. The predicted octanol–water partition coefficient (Wildman–Crippen LogP) is 5.69. The molecule has 1 aliphatic heterocycles. The van der Waals surface area contributed by atoms with E-state index in [-0.39, 0.29) is 0 Å². The van der Waals surface area contributed by atoms with Gasteiger partial charge >= 0.3 is 6.18 Å².